The second-order valence-electron chi connectivity index (χ2n) is 6.77. The van der Waals surface area contributed by atoms with Crippen molar-refractivity contribution in [2.75, 3.05) is 41.3 Å². The normalized spacial score (nSPS) is 15.7. The SMILES string of the molecule is CC[C@@H](C)C(=O)Nc1ccccc1N1CCN(c2ccc(F)cc2)CC1. The molecule has 0 unspecified atom stereocenters. The van der Waals surface area contributed by atoms with Crippen LogP contribution in [0.3, 0.4) is 0 Å². The molecule has 0 bridgehead atoms. The van der Waals surface area contributed by atoms with Gasteiger partial charge in [-0.05, 0) is 42.8 Å². The summed E-state index contributed by atoms with van der Waals surface area (Å²) in [6.07, 6.45) is 0.824. The van der Waals surface area contributed by atoms with Crippen molar-refractivity contribution in [2.24, 2.45) is 5.92 Å². The van der Waals surface area contributed by atoms with Crippen molar-refractivity contribution >= 4 is 23.0 Å². The lowest BCUT2D eigenvalue weighted by Crippen LogP contribution is -2.46. The number of hydrogen-bond donors (Lipinski definition) is 1. The lowest BCUT2D eigenvalue weighted by Gasteiger charge is -2.38. The molecule has 4 nitrogen and oxygen atoms in total. The summed E-state index contributed by atoms with van der Waals surface area (Å²) in [7, 11) is 0. The van der Waals surface area contributed by atoms with E-state index in [1.807, 2.05) is 44.2 Å². The van der Waals surface area contributed by atoms with Crippen molar-refractivity contribution < 1.29 is 9.18 Å². The number of piperazine rings is 1. The third-order valence-corrected chi connectivity index (χ3v) is 5.03. The van der Waals surface area contributed by atoms with Crippen LogP contribution in [0.25, 0.3) is 0 Å². The topological polar surface area (TPSA) is 35.6 Å². The molecular weight excluding hydrogens is 329 g/mol. The zero-order valence-electron chi connectivity index (χ0n) is 15.4. The monoisotopic (exact) mass is 355 g/mol. The zero-order valence-corrected chi connectivity index (χ0v) is 15.4. The van der Waals surface area contributed by atoms with Gasteiger partial charge in [-0.15, -0.1) is 0 Å². The molecule has 1 amide bonds. The number of nitrogens with zero attached hydrogens (tertiary/aromatic N) is 2. The summed E-state index contributed by atoms with van der Waals surface area (Å²) in [5, 5.41) is 3.07. The lowest BCUT2D eigenvalue weighted by molar-refractivity contribution is -0.119. The molecule has 2 aromatic rings. The van der Waals surface area contributed by atoms with Crippen LogP contribution < -0.4 is 15.1 Å². The quantitative estimate of drug-likeness (QED) is 0.876. The van der Waals surface area contributed by atoms with Gasteiger partial charge >= 0.3 is 0 Å². The van der Waals surface area contributed by atoms with E-state index in [2.05, 4.69) is 21.2 Å². The molecule has 5 heteroatoms. The molecule has 0 radical (unpaired) electrons. The van der Waals surface area contributed by atoms with Gasteiger partial charge in [0.1, 0.15) is 5.82 Å². The molecular formula is C21H26FN3O. The third-order valence-electron chi connectivity index (χ3n) is 5.03. The van der Waals surface area contributed by atoms with E-state index in [9.17, 15) is 9.18 Å². The summed E-state index contributed by atoms with van der Waals surface area (Å²) in [5.41, 5.74) is 2.97. The van der Waals surface area contributed by atoms with Crippen molar-refractivity contribution in [1.29, 1.82) is 0 Å². The first-order valence-corrected chi connectivity index (χ1v) is 9.24. The smallest absolute Gasteiger partial charge is 0.227 e. The van der Waals surface area contributed by atoms with Crippen LogP contribution in [-0.4, -0.2) is 32.1 Å². The predicted molar refractivity (Wildman–Crippen MR) is 105 cm³/mol. The molecule has 1 N–H and O–H groups in total. The average molecular weight is 355 g/mol. The first-order valence-electron chi connectivity index (χ1n) is 9.24. The molecule has 138 valence electrons. The van der Waals surface area contributed by atoms with Crippen molar-refractivity contribution in [1.82, 2.24) is 0 Å². The van der Waals surface area contributed by atoms with Gasteiger partial charge in [0.2, 0.25) is 5.91 Å². The number of halogens is 1. The van der Waals surface area contributed by atoms with Gasteiger partial charge < -0.3 is 15.1 Å². The van der Waals surface area contributed by atoms with Gasteiger partial charge in [-0.25, -0.2) is 4.39 Å². The highest BCUT2D eigenvalue weighted by Crippen LogP contribution is 2.28. The highest BCUT2D eigenvalue weighted by molar-refractivity contribution is 5.95. The minimum Gasteiger partial charge on any atom is -0.368 e. The number of rotatable bonds is 5. The number of hydrogen-bond acceptors (Lipinski definition) is 3. The number of nitrogens with one attached hydrogen (secondary N) is 1. The molecule has 1 aliphatic heterocycles. The van der Waals surface area contributed by atoms with Crippen LogP contribution in [-0.2, 0) is 4.79 Å². The Morgan fingerprint density at radius 2 is 1.65 bits per heavy atom. The molecule has 2 aromatic carbocycles. The van der Waals surface area contributed by atoms with E-state index in [4.69, 9.17) is 0 Å². The molecule has 0 saturated carbocycles. The van der Waals surface area contributed by atoms with Gasteiger partial charge in [0.05, 0.1) is 11.4 Å². The van der Waals surface area contributed by atoms with Crippen LogP contribution in [0, 0.1) is 11.7 Å². The summed E-state index contributed by atoms with van der Waals surface area (Å²) >= 11 is 0. The highest BCUT2D eigenvalue weighted by Gasteiger charge is 2.20. The summed E-state index contributed by atoms with van der Waals surface area (Å²) in [5.74, 6) is -0.151. The minimum absolute atomic E-state index is 0.00150. The summed E-state index contributed by atoms with van der Waals surface area (Å²) < 4.78 is 13.1. The zero-order chi connectivity index (χ0) is 18.5. The number of anilines is 3. The Morgan fingerprint density at radius 3 is 2.31 bits per heavy atom. The summed E-state index contributed by atoms with van der Waals surface area (Å²) in [6, 6.07) is 14.6. The molecule has 0 aromatic heterocycles. The molecule has 1 saturated heterocycles. The van der Waals surface area contributed by atoms with E-state index in [-0.39, 0.29) is 17.6 Å². The van der Waals surface area contributed by atoms with E-state index in [1.54, 1.807) is 0 Å². The van der Waals surface area contributed by atoms with Crippen LogP contribution in [0.2, 0.25) is 0 Å². The van der Waals surface area contributed by atoms with Crippen LogP contribution in [0.1, 0.15) is 20.3 Å². The first-order chi connectivity index (χ1) is 12.6. The highest BCUT2D eigenvalue weighted by atomic mass is 19.1. The number of carbonyl (C=O) groups is 1. The van der Waals surface area contributed by atoms with Crippen LogP contribution in [0.5, 0.6) is 0 Å². The standard InChI is InChI=1S/C21H26FN3O/c1-3-16(2)21(26)23-19-6-4-5-7-20(19)25-14-12-24(13-15-25)18-10-8-17(22)9-11-18/h4-11,16H,3,12-15H2,1-2H3,(H,23,26)/t16-/m1/s1. The van der Waals surface area contributed by atoms with E-state index in [1.165, 1.54) is 12.1 Å². The minimum atomic E-state index is -0.210. The predicted octanol–water partition coefficient (Wildman–Crippen LogP) is 4.14. The molecule has 0 aliphatic carbocycles. The molecule has 0 spiro atoms. The van der Waals surface area contributed by atoms with Gasteiger partial charge in [-0.1, -0.05) is 26.0 Å². The Bertz CT molecular complexity index is 739. The molecule has 3 rings (SSSR count). The van der Waals surface area contributed by atoms with Gasteiger partial charge in [0, 0.05) is 37.8 Å². The fourth-order valence-corrected chi connectivity index (χ4v) is 3.15. The second-order valence-corrected chi connectivity index (χ2v) is 6.77. The lowest BCUT2D eigenvalue weighted by atomic mass is 10.1. The number of amides is 1. The van der Waals surface area contributed by atoms with Crippen molar-refractivity contribution in [2.45, 2.75) is 20.3 Å². The molecule has 1 aliphatic rings. The fraction of sp³-hybridized carbons (Fsp3) is 0.381. The molecule has 26 heavy (non-hydrogen) atoms. The Morgan fingerprint density at radius 1 is 1.04 bits per heavy atom. The van der Waals surface area contributed by atoms with E-state index < -0.39 is 0 Å². The fourth-order valence-electron chi connectivity index (χ4n) is 3.15. The van der Waals surface area contributed by atoms with Crippen molar-refractivity contribution in [3.05, 3.63) is 54.3 Å². The Balaban J connectivity index is 1.67. The Hall–Kier alpha value is -2.56. The number of carbonyl (C=O) groups excluding carboxylic acids is 1. The number of para-hydroxylation sites is 2. The van der Waals surface area contributed by atoms with E-state index >= 15 is 0 Å². The van der Waals surface area contributed by atoms with Crippen molar-refractivity contribution in [3.63, 3.8) is 0 Å². The van der Waals surface area contributed by atoms with Crippen LogP contribution in [0.4, 0.5) is 21.5 Å². The maximum absolute atomic E-state index is 13.1. The molecule has 1 heterocycles. The third kappa shape index (κ3) is 4.15. The van der Waals surface area contributed by atoms with Gasteiger partial charge in [0.15, 0.2) is 0 Å². The maximum Gasteiger partial charge on any atom is 0.227 e. The van der Waals surface area contributed by atoms with Gasteiger partial charge in [-0.3, -0.25) is 4.79 Å². The summed E-state index contributed by atoms with van der Waals surface area (Å²) in [4.78, 5) is 16.8. The second kappa shape index (κ2) is 8.21. The Kier molecular flexibility index (Phi) is 5.76. The van der Waals surface area contributed by atoms with Gasteiger partial charge in [-0.2, -0.15) is 0 Å². The van der Waals surface area contributed by atoms with E-state index in [0.717, 1.165) is 49.7 Å². The van der Waals surface area contributed by atoms with Gasteiger partial charge in [0.25, 0.3) is 0 Å². The maximum atomic E-state index is 13.1. The largest absolute Gasteiger partial charge is 0.368 e. The van der Waals surface area contributed by atoms with Crippen LogP contribution in [0.15, 0.2) is 48.5 Å². The molecule has 1 atom stereocenters. The van der Waals surface area contributed by atoms with Crippen LogP contribution >= 0.6 is 0 Å². The van der Waals surface area contributed by atoms with E-state index in [0.29, 0.717) is 0 Å². The molecule has 1 fully saturated rings. The Labute approximate surface area is 154 Å². The summed E-state index contributed by atoms with van der Waals surface area (Å²) in [6.45, 7) is 7.39. The van der Waals surface area contributed by atoms with Crippen molar-refractivity contribution in [3.8, 4) is 0 Å². The number of benzene rings is 2. The first kappa shape index (κ1) is 18.2. The average Bonchev–Trinajstić information content (AvgIpc) is 2.68.